The number of hydrogen-bond donors (Lipinski definition) is 2. The van der Waals surface area contributed by atoms with Crippen molar-refractivity contribution in [1.29, 1.82) is 0 Å². The van der Waals surface area contributed by atoms with Crippen molar-refractivity contribution in [2.75, 3.05) is 0 Å². The van der Waals surface area contributed by atoms with Gasteiger partial charge in [0.25, 0.3) is 5.17 Å². The second-order valence-electron chi connectivity index (χ2n) is 3.59. The molecule has 0 spiro atoms. The Morgan fingerprint density at radius 1 is 1.17 bits per heavy atom. The van der Waals surface area contributed by atoms with Gasteiger partial charge < -0.3 is 4.74 Å². The molecule has 0 saturated carbocycles. The predicted molar refractivity (Wildman–Crippen MR) is 68.1 cm³/mol. The molecule has 92 valence electrons. The molecule has 2 aromatic rings. The lowest BCUT2D eigenvalue weighted by Crippen LogP contribution is -2.67. The van der Waals surface area contributed by atoms with E-state index in [4.69, 9.17) is 21.5 Å². The summed E-state index contributed by atoms with van der Waals surface area (Å²) in [7, 11) is 0. The monoisotopic (exact) mass is 263 g/mol. The molecule has 0 aliphatic rings. The number of rotatable bonds is 4. The van der Waals surface area contributed by atoms with Crippen LogP contribution in [0.1, 0.15) is 5.69 Å². The zero-order valence-corrected chi connectivity index (χ0v) is 10.3. The van der Waals surface area contributed by atoms with Crippen molar-refractivity contribution in [2.24, 2.45) is 0 Å². The molecular weight excluding hydrogens is 252 g/mol. The van der Waals surface area contributed by atoms with Crippen LogP contribution in [0.2, 0.25) is 0 Å². The summed E-state index contributed by atoms with van der Waals surface area (Å²) in [6.45, 7) is 0. The number of benzene rings is 1. The normalized spacial score (nSPS) is 11.3. The van der Waals surface area contributed by atoms with E-state index in [1.54, 1.807) is 18.3 Å². The third-order valence-electron chi connectivity index (χ3n) is 2.23. The third kappa shape index (κ3) is 3.46. The molecule has 2 N–H and O–H groups in total. The molecule has 0 aliphatic heterocycles. The minimum absolute atomic E-state index is 0.222. The lowest BCUT2D eigenvalue weighted by molar-refractivity contribution is -0.736. The third-order valence-corrected chi connectivity index (χ3v) is 2.45. The van der Waals surface area contributed by atoms with E-state index in [1.165, 1.54) is 0 Å². The van der Waals surface area contributed by atoms with E-state index in [-0.39, 0.29) is 5.17 Å². The summed E-state index contributed by atoms with van der Waals surface area (Å²) in [5.74, 6) is 1.41. The second kappa shape index (κ2) is 6.02. The molecule has 1 heterocycles. The minimum atomic E-state index is 0.222. The summed E-state index contributed by atoms with van der Waals surface area (Å²) in [5.41, 5.74) is 0.738. The highest BCUT2D eigenvalue weighted by Crippen LogP contribution is 2.19. The summed E-state index contributed by atoms with van der Waals surface area (Å²) in [6, 6.07) is 13.1. The number of halogens is 1. The van der Waals surface area contributed by atoms with Gasteiger partial charge in [-0.3, -0.25) is 10.2 Å². The quantitative estimate of drug-likeness (QED) is 0.500. The van der Waals surface area contributed by atoms with Crippen LogP contribution in [0, 0.1) is 0 Å². The van der Waals surface area contributed by atoms with Crippen LogP contribution >= 0.6 is 11.6 Å². The lowest BCUT2D eigenvalue weighted by atomic mass is 10.3. The van der Waals surface area contributed by atoms with Crippen molar-refractivity contribution in [3.63, 3.8) is 0 Å². The van der Waals surface area contributed by atoms with Gasteiger partial charge in [-0.1, -0.05) is 18.2 Å². The first-order valence-corrected chi connectivity index (χ1v) is 5.75. The van der Waals surface area contributed by atoms with Gasteiger partial charge in [0, 0.05) is 0 Å². The molecule has 0 unspecified atom stereocenters. The standard InChI is InChI=1S/C13H11ClN2O2/c14-13(16-17)8-10-6-7-12(9-15-10)18-11-4-2-1-3-5-11/h1-7,9,17H,8H2/p+1. The van der Waals surface area contributed by atoms with Gasteiger partial charge in [0.05, 0.1) is 18.3 Å². The summed E-state index contributed by atoms with van der Waals surface area (Å²) in [5, 5.41) is 10.7. The fraction of sp³-hybridized carbons (Fsp3) is 0.0769. The van der Waals surface area contributed by atoms with E-state index in [2.05, 4.69) is 4.98 Å². The number of hydrogen-bond acceptors (Lipinski definition) is 3. The molecule has 0 radical (unpaired) electrons. The molecule has 0 atom stereocenters. The fourth-order valence-electron chi connectivity index (χ4n) is 1.40. The van der Waals surface area contributed by atoms with Crippen LogP contribution in [0.25, 0.3) is 0 Å². The maximum absolute atomic E-state index is 8.57. The Morgan fingerprint density at radius 3 is 2.56 bits per heavy atom. The van der Waals surface area contributed by atoms with Gasteiger partial charge in [-0.15, -0.1) is 0 Å². The Morgan fingerprint density at radius 2 is 1.94 bits per heavy atom. The number of pyridine rings is 1. The summed E-state index contributed by atoms with van der Waals surface area (Å²) < 4.78 is 5.60. The molecule has 0 saturated heterocycles. The average Bonchev–Trinajstić information content (AvgIpc) is 2.42. The maximum Gasteiger partial charge on any atom is 0.297 e. The van der Waals surface area contributed by atoms with Crippen LogP contribution in [-0.4, -0.2) is 15.4 Å². The molecule has 0 fully saturated rings. The first-order chi connectivity index (χ1) is 8.78. The highest BCUT2D eigenvalue weighted by Gasteiger charge is 2.05. The maximum atomic E-state index is 8.57. The second-order valence-corrected chi connectivity index (χ2v) is 4.05. The van der Waals surface area contributed by atoms with Crippen LogP contribution in [0.5, 0.6) is 11.5 Å². The topological polar surface area (TPSA) is 56.3 Å². The van der Waals surface area contributed by atoms with E-state index in [0.717, 1.165) is 11.4 Å². The van der Waals surface area contributed by atoms with Gasteiger partial charge in [-0.2, -0.15) is 0 Å². The lowest BCUT2D eigenvalue weighted by Gasteiger charge is -2.04. The molecule has 0 bridgehead atoms. The molecule has 0 amide bonds. The Bertz CT molecular complexity index is 526. The SMILES string of the molecule is O[NH+]=C(Cl)Cc1ccc(Oc2ccccc2)cn1. The fourth-order valence-corrected chi connectivity index (χ4v) is 1.54. The van der Waals surface area contributed by atoms with Gasteiger partial charge >= 0.3 is 0 Å². The summed E-state index contributed by atoms with van der Waals surface area (Å²) in [4.78, 5) is 4.18. The zero-order chi connectivity index (χ0) is 12.8. The Kier molecular flexibility index (Phi) is 4.15. The van der Waals surface area contributed by atoms with Gasteiger partial charge in [0.2, 0.25) is 0 Å². The summed E-state index contributed by atoms with van der Waals surface area (Å²) in [6.07, 6.45) is 1.97. The number of nitrogens with zero attached hydrogens (tertiary/aromatic N) is 1. The minimum Gasteiger partial charge on any atom is -0.456 e. The van der Waals surface area contributed by atoms with Crippen LogP contribution in [0.15, 0.2) is 48.7 Å². The number of ether oxygens (including phenoxy) is 1. The molecule has 2 rings (SSSR count). The first kappa shape index (κ1) is 12.4. The van der Waals surface area contributed by atoms with Crippen LogP contribution < -0.4 is 9.89 Å². The van der Waals surface area contributed by atoms with Crippen molar-refractivity contribution in [1.82, 2.24) is 4.98 Å². The van der Waals surface area contributed by atoms with Crippen LogP contribution in [-0.2, 0) is 6.42 Å². The van der Waals surface area contributed by atoms with E-state index in [9.17, 15) is 0 Å². The van der Waals surface area contributed by atoms with E-state index < -0.39 is 0 Å². The number of para-hydroxylation sites is 1. The highest BCUT2D eigenvalue weighted by atomic mass is 35.5. The van der Waals surface area contributed by atoms with Gasteiger partial charge in [0.15, 0.2) is 0 Å². The van der Waals surface area contributed by atoms with Crippen molar-refractivity contribution >= 4 is 16.8 Å². The first-order valence-electron chi connectivity index (χ1n) is 5.37. The highest BCUT2D eigenvalue weighted by molar-refractivity contribution is 6.63. The van der Waals surface area contributed by atoms with Gasteiger partial charge in [-0.05, 0) is 41.0 Å². The molecular formula is C13H12ClN2O2+. The van der Waals surface area contributed by atoms with Crippen LogP contribution in [0.3, 0.4) is 0 Å². The largest absolute Gasteiger partial charge is 0.456 e. The van der Waals surface area contributed by atoms with Crippen molar-refractivity contribution < 1.29 is 15.1 Å². The molecule has 4 nitrogen and oxygen atoms in total. The zero-order valence-electron chi connectivity index (χ0n) is 9.51. The van der Waals surface area contributed by atoms with Crippen LogP contribution in [0.4, 0.5) is 0 Å². The van der Waals surface area contributed by atoms with Gasteiger partial charge in [-0.25, -0.2) is 0 Å². The molecule has 1 aromatic carbocycles. The van der Waals surface area contributed by atoms with E-state index in [0.29, 0.717) is 12.2 Å². The van der Waals surface area contributed by atoms with E-state index >= 15 is 0 Å². The van der Waals surface area contributed by atoms with Crippen molar-refractivity contribution in [3.05, 3.63) is 54.4 Å². The number of aromatic nitrogens is 1. The Balaban J connectivity index is 2.04. The average molecular weight is 264 g/mol. The van der Waals surface area contributed by atoms with E-state index in [1.807, 2.05) is 35.5 Å². The number of nitrogens with one attached hydrogen (secondary N) is 1. The van der Waals surface area contributed by atoms with Crippen molar-refractivity contribution in [3.8, 4) is 11.5 Å². The van der Waals surface area contributed by atoms with Gasteiger partial charge in [0.1, 0.15) is 11.5 Å². The molecule has 18 heavy (non-hydrogen) atoms. The molecule has 0 aliphatic carbocycles. The smallest absolute Gasteiger partial charge is 0.297 e. The summed E-state index contributed by atoms with van der Waals surface area (Å²) >= 11 is 5.65. The molecule has 1 aromatic heterocycles. The Hall–Kier alpha value is -2.07. The Labute approximate surface area is 109 Å². The molecule has 5 heteroatoms. The van der Waals surface area contributed by atoms with Crippen molar-refractivity contribution in [2.45, 2.75) is 6.42 Å². The predicted octanol–water partition coefficient (Wildman–Crippen LogP) is 1.52.